The number of nitrogens with one attached hydrogen (secondary N) is 2. The number of ether oxygens (including phenoxy) is 2. The molecule has 1 aromatic carbocycles. The topological polar surface area (TPSA) is 139 Å². The molecule has 0 spiro atoms. The molecule has 6 unspecified atom stereocenters. The summed E-state index contributed by atoms with van der Waals surface area (Å²) in [6.07, 6.45) is -4.13. The summed E-state index contributed by atoms with van der Waals surface area (Å²) in [7, 11) is 0. The molecule has 0 aliphatic carbocycles. The van der Waals surface area contributed by atoms with Gasteiger partial charge in [-0.2, -0.15) is 0 Å². The SMILES string of the molecule is CC1=CN(C2OC(COP(=S)(NC(C)C(=O)OC(C)C)Oc3ccccc3)C(O)C2(Cl)Cl)C(=O)NC1O. The summed E-state index contributed by atoms with van der Waals surface area (Å²) in [5.74, 6) is -0.163. The fraction of sp³-hybridized carbons (Fsp3) is 0.545. The second kappa shape index (κ2) is 12.1. The number of alkyl halides is 2. The first-order valence-electron chi connectivity index (χ1n) is 11.4. The minimum atomic E-state index is -3.43. The van der Waals surface area contributed by atoms with E-state index in [-0.39, 0.29) is 12.7 Å². The van der Waals surface area contributed by atoms with Gasteiger partial charge in [-0.3, -0.25) is 9.69 Å². The monoisotopic (exact) mass is 597 g/mol. The maximum Gasteiger partial charge on any atom is 0.325 e. The minimum Gasteiger partial charge on any atom is -0.462 e. The zero-order chi connectivity index (χ0) is 27.5. The van der Waals surface area contributed by atoms with E-state index in [1.54, 1.807) is 58.0 Å². The molecule has 3 rings (SSSR count). The molecule has 2 aliphatic rings. The van der Waals surface area contributed by atoms with Crippen molar-refractivity contribution in [3.05, 3.63) is 42.1 Å². The molecule has 2 aliphatic heterocycles. The van der Waals surface area contributed by atoms with Gasteiger partial charge in [0.1, 0.15) is 24.0 Å². The van der Waals surface area contributed by atoms with E-state index in [9.17, 15) is 19.8 Å². The molecule has 6 atom stereocenters. The Balaban J connectivity index is 1.77. The molecule has 37 heavy (non-hydrogen) atoms. The normalized spacial score (nSPS) is 27.8. The third-order valence-corrected chi connectivity index (χ3v) is 8.66. The minimum absolute atomic E-state index is 0.337. The number of aliphatic hydroxyl groups excluding tert-OH is 2. The van der Waals surface area contributed by atoms with Gasteiger partial charge in [0.2, 0.25) is 0 Å². The van der Waals surface area contributed by atoms with Crippen molar-refractivity contribution in [1.82, 2.24) is 15.3 Å². The standard InChI is InChI=1S/C22H30Cl2N3O8PS/c1-12(2)33-19(30)14(4)26-36(37,35-15-8-6-5-7-9-15)32-11-16-17(28)22(23,24)20(34-16)27-10-13(3)18(29)25-21(27)31/h5-10,12,14,16-18,20,28-29H,11H2,1-4H3,(H,25,31)(H,26,37). The van der Waals surface area contributed by atoms with Gasteiger partial charge < -0.3 is 34.1 Å². The fourth-order valence-electron chi connectivity index (χ4n) is 3.44. The Kier molecular flexibility index (Phi) is 9.87. The lowest BCUT2D eigenvalue weighted by Gasteiger charge is -2.35. The zero-order valence-corrected chi connectivity index (χ0v) is 23.8. The molecule has 1 saturated heterocycles. The first-order valence-corrected chi connectivity index (χ1v) is 14.8. The van der Waals surface area contributed by atoms with Gasteiger partial charge in [-0.05, 0) is 57.2 Å². The number of hydrogen-bond donors (Lipinski definition) is 4. The second-order valence-corrected chi connectivity index (χ2v) is 13.4. The van der Waals surface area contributed by atoms with E-state index in [4.69, 9.17) is 53.5 Å². The number of hydrogen-bond acceptors (Lipinski definition) is 9. The fourth-order valence-corrected chi connectivity index (χ4v) is 6.45. The first kappa shape index (κ1) is 30.1. The van der Waals surface area contributed by atoms with Crippen LogP contribution < -0.4 is 14.9 Å². The molecule has 1 fully saturated rings. The highest BCUT2D eigenvalue weighted by atomic mass is 35.5. The van der Waals surface area contributed by atoms with Crippen LogP contribution in [-0.2, 0) is 30.6 Å². The number of aliphatic hydroxyl groups is 2. The van der Waals surface area contributed by atoms with Gasteiger partial charge in [0.15, 0.2) is 16.8 Å². The summed E-state index contributed by atoms with van der Waals surface area (Å²) in [5.41, 5.74) is 0.403. The number of urea groups is 1. The van der Waals surface area contributed by atoms with Crippen LogP contribution in [0.3, 0.4) is 0 Å². The quantitative estimate of drug-likeness (QED) is 0.181. The molecule has 0 saturated carbocycles. The van der Waals surface area contributed by atoms with Crippen LogP contribution in [0.25, 0.3) is 0 Å². The van der Waals surface area contributed by atoms with E-state index < -0.39 is 53.7 Å². The van der Waals surface area contributed by atoms with Crippen molar-refractivity contribution in [2.75, 3.05) is 6.61 Å². The highest BCUT2D eigenvalue weighted by Crippen LogP contribution is 2.48. The third kappa shape index (κ3) is 7.35. The number of carbonyl (C=O) groups excluding carboxylic acids is 2. The van der Waals surface area contributed by atoms with Crippen LogP contribution in [0.5, 0.6) is 5.75 Å². The van der Waals surface area contributed by atoms with E-state index in [1.807, 2.05) is 0 Å². The van der Waals surface area contributed by atoms with Crippen LogP contribution in [0, 0.1) is 0 Å². The molecular formula is C22H30Cl2N3O8PS. The molecule has 11 nitrogen and oxygen atoms in total. The number of para-hydroxylation sites is 1. The Morgan fingerprint density at radius 1 is 1.30 bits per heavy atom. The Bertz CT molecular complexity index is 1060. The van der Waals surface area contributed by atoms with Crippen molar-refractivity contribution >= 4 is 53.7 Å². The Morgan fingerprint density at radius 3 is 2.57 bits per heavy atom. The van der Waals surface area contributed by atoms with Gasteiger partial charge in [-0.15, -0.1) is 0 Å². The lowest BCUT2D eigenvalue weighted by Crippen LogP contribution is -2.55. The Hall–Kier alpha value is -1.47. The van der Waals surface area contributed by atoms with Crippen molar-refractivity contribution in [2.45, 2.75) is 68.8 Å². The summed E-state index contributed by atoms with van der Waals surface area (Å²) in [5, 5.41) is 25.9. The number of benzene rings is 1. The second-order valence-electron chi connectivity index (χ2n) is 8.81. The van der Waals surface area contributed by atoms with Crippen molar-refractivity contribution in [2.24, 2.45) is 0 Å². The van der Waals surface area contributed by atoms with E-state index in [0.717, 1.165) is 4.90 Å². The van der Waals surface area contributed by atoms with Crippen molar-refractivity contribution in [1.29, 1.82) is 0 Å². The predicted octanol–water partition coefficient (Wildman–Crippen LogP) is 2.74. The van der Waals surface area contributed by atoms with Crippen LogP contribution in [0.4, 0.5) is 4.79 Å². The molecule has 0 radical (unpaired) electrons. The van der Waals surface area contributed by atoms with E-state index in [2.05, 4.69) is 10.4 Å². The van der Waals surface area contributed by atoms with Gasteiger partial charge in [-0.25, -0.2) is 9.88 Å². The average molecular weight is 598 g/mol. The van der Waals surface area contributed by atoms with Gasteiger partial charge >= 0.3 is 18.6 Å². The molecular weight excluding hydrogens is 568 g/mol. The average Bonchev–Trinajstić information content (AvgIpc) is 3.03. The van der Waals surface area contributed by atoms with Crippen molar-refractivity contribution in [3.8, 4) is 5.75 Å². The molecule has 0 aromatic heterocycles. The molecule has 206 valence electrons. The lowest BCUT2D eigenvalue weighted by molar-refractivity contribution is -0.149. The summed E-state index contributed by atoms with van der Waals surface area (Å²) in [6, 6.07) is 7.01. The lowest BCUT2D eigenvalue weighted by atomic mass is 10.1. The largest absolute Gasteiger partial charge is 0.462 e. The number of esters is 1. The highest BCUT2D eigenvalue weighted by molar-refractivity contribution is 8.09. The smallest absolute Gasteiger partial charge is 0.325 e. The maximum absolute atomic E-state index is 12.4. The van der Waals surface area contributed by atoms with Crippen LogP contribution >= 0.6 is 29.8 Å². The van der Waals surface area contributed by atoms with E-state index >= 15 is 0 Å². The highest BCUT2D eigenvalue weighted by Gasteiger charge is 2.58. The van der Waals surface area contributed by atoms with E-state index in [1.165, 1.54) is 6.20 Å². The van der Waals surface area contributed by atoms with E-state index in [0.29, 0.717) is 11.3 Å². The first-order chi connectivity index (χ1) is 17.2. The predicted molar refractivity (Wildman–Crippen MR) is 140 cm³/mol. The maximum atomic E-state index is 12.4. The molecule has 15 heteroatoms. The van der Waals surface area contributed by atoms with Gasteiger partial charge in [0, 0.05) is 6.20 Å². The molecule has 2 heterocycles. The molecule has 4 N–H and O–H groups in total. The Morgan fingerprint density at radius 2 is 1.95 bits per heavy atom. The van der Waals surface area contributed by atoms with Gasteiger partial charge in [0.25, 0.3) is 0 Å². The number of carbonyl (C=O) groups is 2. The van der Waals surface area contributed by atoms with Crippen LogP contribution in [-0.4, -0.2) is 74.9 Å². The van der Waals surface area contributed by atoms with Crippen LogP contribution in [0.15, 0.2) is 42.1 Å². The van der Waals surface area contributed by atoms with Gasteiger partial charge in [-0.1, -0.05) is 41.4 Å². The molecule has 2 amide bonds. The summed E-state index contributed by atoms with van der Waals surface area (Å²) >= 11 is 18.5. The number of halogens is 2. The number of rotatable bonds is 10. The van der Waals surface area contributed by atoms with Crippen molar-refractivity contribution in [3.63, 3.8) is 0 Å². The van der Waals surface area contributed by atoms with Crippen LogP contribution in [0.2, 0.25) is 0 Å². The van der Waals surface area contributed by atoms with Crippen molar-refractivity contribution < 1.29 is 38.3 Å². The summed E-state index contributed by atoms with van der Waals surface area (Å²) < 4.78 is 21.0. The third-order valence-electron chi connectivity index (χ3n) is 5.34. The summed E-state index contributed by atoms with van der Waals surface area (Å²) in [4.78, 5) is 25.9. The number of nitrogens with zero attached hydrogens (tertiary/aromatic N) is 1. The van der Waals surface area contributed by atoms with Gasteiger partial charge in [0.05, 0.1) is 12.7 Å². The van der Waals surface area contributed by atoms with Crippen LogP contribution in [0.1, 0.15) is 27.7 Å². The number of amides is 2. The summed E-state index contributed by atoms with van der Waals surface area (Å²) in [6.45, 7) is 2.81. The molecule has 0 bridgehead atoms. The Labute approximate surface area is 230 Å². The molecule has 1 aromatic rings. The zero-order valence-electron chi connectivity index (χ0n) is 20.5.